The standard InChI is InChI=1S/C13H13F3N2O3/c1-7(12(20)21)5-11(19)18-8(2)10-4-3-9(6-17-10)13(14,15)16/h3-4,6,8H,1,5H2,2H3,(H,18,19)(H,20,21)/t8-/m0/s1. The Bertz CT molecular complexity index is 553. The highest BCUT2D eigenvalue weighted by molar-refractivity contribution is 5.93. The van der Waals surface area contributed by atoms with E-state index >= 15 is 0 Å². The molecule has 1 aromatic rings. The summed E-state index contributed by atoms with van der Waals surface area (Å²) in [6.45, 7) is 4.74. The topological polar surface area (TPSA) is 79.3 Å². The summed E-state index contributed by atoms with van der Waals surface area (Å²) >= 11 is 0. The number of carboxylic acid groups (broad SMARTS) is 1. The van der Waals surface area contributed by atoms with E-state index in [1.165, 1.54) is 6.92 Å². The van der Waals surface area contributed by atoms with E-state index < -0.39 is 36.1 Å². The number of carboxylic acids is 1. The zero-order chi connectivity index (χ0) is 16.2. The van der Waals surface area contributed by atoms with Crippen LogP contribution in [0, 0.1) is 0 Å². The molecular weight excluding hydrogens is 289 g/mol. The van der Waals surface area contributed by atoms with Crippen molar-refractivity contribution >= 4 is 11.9 Å². The van der Waals surface area contributed by atoms with Crippen LogP contribution in [-0.2, 0) is 15.8 Å². The van der Waals surface area contributed by atoms with E-state index in [4.69, 9.17) is 5.11 Å². The van der Waals surface area contributed by atoms with Crippen molar-refractivity contribution in [1.29, 1.82) is 0 Å². The van der Waals surface area contributed by atoms with Crippen molar-refractivity contribution in [2.24, 2.45) is 0 Å². The molecule has 1 atom stereocenters. The second-order valence-electron chi connectivity index (χ2n) is 4.34. The lowest BCUT2D eigenvalue weighted by Crippen LogP contribution is -2.28. The van der Waals surface area contributed by atoms with Crippen molar-refractivity contribution in [3.8, 4) is 0 Å². The van der Waals surface area contributed by atoms with Crippen LogP contribution in [0.5, 0.6) is 0 Å². The number of halogens is 3. The number of aliphatic carboxylic acids is 1. The average Bonchev–Trinajstić information content (AvgIpc) is 2.37. The zero-order valence-corrected chi connectivity index (χ0v) is 11.1. The fraction of sp³-hybridized carbons (Fsp3) is 0.308. The van der Waals surface area contributed by atoms with Gasteiger partial charge in [0.1, 0.15) is 0 Å². The molecule has 0 radical (unpaired) electrons. The van der Waals surface area contributed by atoms with Gasteiger partial charge in [0, 0.05) is 11.8 Å². The van der Waals surface area contributed by atoms with Gasteiger partial charge in [-0.15, -0.1) is 0 Å². The number of carbonyl (C=O) groups excluding carboxylic acids is 1. The molecule has 0 bridgehead atoms. The third kappa shape index (κ3) is 4.90. The summed E-state index contributed by atoms with van der Waals surface area (Å²) in [5, 5.41) is 11.0. The predicted molar refractivity (Wildman–Crippen MR) is 67.2 cm³/mol. The normalized spacial score (nSPS) is 12.6. The lowest BCUT2D eigenvalue weighted by atomic mass is 10.1. The Labute approximate surface area is 118 Å². The summed E-state index contributed by atoms with van der Waals surface area (Å²) in [4.78, 5) is 25.7. The van der Waals surface area contributed by atoms with Gasteiger partial charge in [-0.2, -0.15) is 13.2 Å². The first-order valence-electron chi connectivity index (χ1n) is 5.85. The van der Waals surface area contributed by atoms with Gasteiger partial charge < -0.3 is 10.4 Å². The third-order valence-electron chi connectivity index (χ3n) is 2.61. The molecule has 0 spiro atoms. The van der Waals surface area contributed by atoms with Crippen molar-refractivity contribution in [1.82, 2.24) is 10.3 Å². The van der Waals surface area contributed by atoms with Crippen molar-refractivity contribution in [2.45, 2.75) is 25.6 Å². The first-order valence-corrected chi connectivity index (χ1v) is 5.85. The summed E-state index contributed by atoms with van der Waals surface area (Å²) in [7, 11) is 0. The Morgan fingerprint density at radius 1 is 1.43 bits per heavy atom. The molecule has 1 heterocycles. The maximum Gasteiger partial charge on any atom is 0.417 e. The highest BCUT2D eigenvalue weighted by Crippen LogP contribution is 2.28. The molecule has 0 fully saturated rings. The summed E-state index contributed by atoms with van der Waals surface area (Å²) in [6, 6.07) is 1.36. The van der Waals surface area contributed by atoms with Gasteiger partial charge in [-0.25, -0.2) is 4.79 Å². The lowest BCUT2D eigenvalue weighted by molar-refractivity contribution is -0.138. The molecule has 0 aliphatic heterocycles. The van der Waals surface area contributed by atoms with Crippen LogP contribution in [0.3, 0.4) is 0 Å². The Balaban J connectivity index is 2.68. The second kappa shape index (κ2) is 6.38. The van der Waals surface area contributed by atoms with Gasteiger partial charge in [-0.05, 0) is 19.1 Å². The molecule has 0 aliphatic carbocycles. The monoisotopic (exact) mass is 302 g/mol. The van der Waals surface area contributed by atoms with Gasteiger partial charge >= 0.3 is 12.1 Å². The smallest absolute Gasteiger partial charge is 0.417 e. The number of nitrogens with one attached hydrogen (secondary N) is 1. The van der Waals surface area contributed by atoms with Crippen molar-refractivity contribution in [3.05, 3.63) is 41.7 Å². The molecule has 1 rings (SSSR count). The fourth-order valence-electron chi connectivity index (χ4n) is 1.47. The van der Waals surface area contributed by atoms with Gasteiger partial charge in [0.05, 0.1) is 23.7 Å². The summed E-state index contributed by atoms with van der Waals surface area (Å²) < 4.78 is 37.1. The number of rotatable bonds is 5. The molecular formula is C13H13F3N2O3. The first kappa shape index (κ1) is 16.7. The van der Waals surface area contributed by atoms with Crippen LogP contribution in [0.15, 0.2) is 30.5 Å². The highest BCUT2D eigenvalue weighted by Gasteiger charge is 2.30. The lowest BCUT2D eigenvalue weighted by Gasteiger charge is -2.14. The number of carbonyl (C=O) groups is 2. The van der Waals surface area contributed by atoms with Crippen LogP contribution in [0.2, 0.25) is 0 Å². The number of pyridine rings is 1. The maximum absolute atomic E-state index is 12.4. The molecule has 5 nitrogen and oxygen atoms in total. The molecule has 0 unspecified atom stereocenters. The number of hydrogen-bond acceptors (Lipinski definition) is 3. The number of alkyl halides is 3. The Morgan fingerprint density at radius 3 is 2.48 bits per heavy atom. The van der Waals surface area contributed by atoms with Crippen LogP contribution < -0.4 is 5.32 Å². The highest BCUT2D eigenvalue weighted by atomic mass is 19.4. The Morgan fingerprint density at radius 2 is 2.05 bits per heavy atom. The van der Waals surface area contributed by atoms with Crippen molar-refractivity contribution < 1.29 is 27.9 Å². The average molecular weight is 302 g/mol. The minimum atomic E-state index is -4.47. The predicted octanol–water partition coefficient (Wildman–Crippen LogP) is 2.31. The molecule has 21 heavy (non-hydrogen) atoms. The van der Waals surface area contributed by atoms with Crippen LogP contribution in [-0.4, -0.2) is 22.0 Å². The summed E-state index contributed by atoms with van der Waals surface area (Å²) in [6.07, 6.45) is -4.20. The molecule has 0 aromatic carbocycles. The van der Waals surface area contributed by atoms with Crippen LogP contribution in [0.25, 0.3) is 0 Å². The molecule has 1 aromatic heterocycles. The van der Waals surface area contributed by atoms with E-state index in [-0.39, 0.29) is 11.3 Å². The van der Waals surface area contributed by atoms with E-state index in [2.05, 4.69) is 16.9 Å². The minimum absolute atomic E-state index is 0.234. The molecule has 0 saturated heterocycles. The van der Waals surface area contributed by atoms with Gasteiger partial charge in [0.15, 0.2) is 0 Å². The number of amides is 1. The Hall–Kier alpha value is -2.38. The number of nitrogens with zero attached hydrogens (tertiary/aromatic N) is 1. The quantitative estimate of drug-likeness (QED) is 0.818. The van der Waals surface area contributed by atoms with Gasteiger partial charge in [-0.1, -0.05) is 6.58 Å². The second-order valence-corrected chi connectivity index (χ2v) is 4.34. The van der Waals surface area contributed by atoms with E-state index in [0.717, 1.165) is 12.1 Å². The van der Waals surface area contributed by atoms with Crippen molar-refractivity contribution in [3.63, 3.8) is 0 Å². The van der Waals surface area contributed by atoms with E-state index in [1.807, 2.05) is 0 Å². The van der Waals surface area contributed by atoms with Gasteiger partial charge in [0.25, 0.3) is 0 Å². The van der Waals surface area contributed by atoms with E-state index in [0.29, 0.717) is 6.20 Å². The number of hydrogen-bond donors (Lipinski definition) is 2. The number of aromatic nitrogens is 1. The molecule has 114 valence electrons. The Kier molecular flexibility index (Phi) is 5.07. The largest absolute Gasteiger partial charge is 0.478 e. The van der Waals surface area contributed by atoms with E-state index in [1.54, 1.807) is 0 Å². The molecule has 8 heteroatoms. The molecule has 1 amide bonds. The van der Waals surface area contributed by atoms with Gasteiger partial charge in [-0.3, -0.25) is 9.78 Å². The minimum Gasteiger partial charge on any atom is -0.478 e. The van der Waals surface area contributed by atoms with Crippen LogP contribution in [0.1, 0.15) is 30.6 Å². The SMILES string of the molecule is C=C(CC(=O)N[C@@H](C)c1ccc(C(F)(F)F)cn1)C(=O)O. The summed E-state index contributed by atoms with van der Waals surface area (Å²) in [5.41, 5.74) is -0.929. The van der Waals surface area contributed by atoms with Crippen LogP contribution in [0.4, 0.5) is 13.2 Å². The van der Waals surface area contributed by atoms with Crippen LogP contribution >= 0.6 is 0 Å². The maximum atomic E-state index is 12.4. The van der Waals surface area contributed by atoms with E-state index in [9.17, 15) is 22.8 Å². The third-order valence-corrected chi connectivity index (χ3v) is 2.61. The zero-order valence-electron chi connectivity index (χ0n) is 11.1. The first-order chi connectivity index (χ1) is 9.61. The molecule has 0 saturated carbocycles. The molecule has 2 N–H and O–H groups in total. The van der Waals surface area contributed by atoms with Crippen molar-refractivity contribution in [2.75, 3.05) is 0 Å². The van der Waals surface area contributed by atoms with Gasteiger partial charge in [0.2, 0.25) is 5.91 Å². The fourth-order valence-corrected chi connectivity index (χ4v) is 1.47. The summed E-state index contributed by atoms with van der Waals surface area (Å²) in [5.74, 6) is -1.89. The molecule has 0 aliphatic rings.